The lowest BCUT2D eigenvalue weighted by Crippen LogP contribution is -2.43. The van der Waals surface area contributed by atoms with E-state index in [9.17, 15) is 4.79 Å². The Kier molecular flexibility index (Phi) is 3.38. The first-order chi connectivity index (χ1) is 9.64. The summed E-state index contributed by atoms with van der Waals surface area (Å²) in [5.74, 6) is 1.08. The first kappa shape index (κ1) is 13.4. The molecule has 0 aliphatic heterocycles. The highest BCUT2D eigenvalue weighted by Crippen LogP contribution is 2.37. The van der Waals surface area contributed by atoms with Gasteiger partial charge >= 0.3 is 0 Å². The third-order valence-electron chi connectivity index (χ3n) is 4.54. The van der Waals surface area contributed by atoms with Crippen LogP contribution in [0.1, 0.15) is 43.2 Å². The number of ether oxygens (including phenoxy) is 1. The normalized spacial score (nSPS) is 26.8. The molecule has 0 radical (unpaired) electrons. The predicted molar refractivity (Wildman–Crippen MR) is 77.9 cm³/mol. The van der Waals surface area contributed by atoms with E-state index < -0.39 is 5.60 Å². The number of Topliss-reactive ketones (excluding diaryl/α,β-unsaturated/α-hetero) is 1. The minimum absolute atomic E-state index is 0.0110. The van der Waals surface area contributed by atoms with Crippen LogP contribution in [-0.2, 0) is 4.74 Å². The first-order valence-corrected chi connectivity index (χ1v) is 7.23. The van der Waals surface area contributed by atoms with Gasteiger partial charge in [0.15, 0.2) is 5.76 Å². The van der Waals surface area contributed by atoms with Crippen LogP contribution in [0.25, 0.3) is 11.0 Å². The maximum absolute atomic E-state index is 12.8. The topological polar surface area (TPSA) is 39.4 Å². The molecule has 0 spiro atoms. The largest absolute Gasteiger partial charge is 0.453 e. The molecule has 0 saturated heterocycles. The van der Waals surface area contributed by atoms with Gasteiger partial charge in [0.1, 0.15) is 11.2 Å². The highest BCUT2D eigenvalue weighted by molar-refractivity contribution is 6.03. The molecule has 0 unspecified atom stereocenters. The van der Waals surface area contributed by atoms with Gasteiger partial charge in [0, 0.05) is 12.5 Å². The molecule has 3 nitrogen and oxygen atoms in total. The van der Waals surface area contributed by atoms with Gasteiger partial charge in [-0.3, -0.25) is 4.79 Å². The standard InChI is InChI=1S/C17H20O3/c1-12-7-9-17(19-2,10-8-12)16(18)15-11-13-5-3-4-6-14(13)20-15/h3-6,11-12H,7-10H2,1-2H3. The van der Waals surface area contributed by atoms with E-state index >= 15 is 0 Å². The van der Waals surface area contributed by atoms with Gasteiger partial charge in [0.2, 0.25) is 5.78 Å². The molecule has 2 aromatic rings. The van der Waals surface area contributed by atoms with Crippen LogP contribution < -0.4 is 0 Å². The van der Waals surface area contributed by atoms with Crippen molar-refractivity contribution in [2.45, 2.75) is 38.2 Å². The SMILES string of the molecule is COC1(C(=O)c2cc3ccccc3o2)CCC(C)CC1. The fourth-order valence-corrected chi connectivity index (χ4v) is 3.07. The van der Waals surface area contributed by atoms with Crippen molar-refractivity contribution in [3.8, 4) is 0 Å². The summed E-state index contributed by atoms with van der Waals surface area (Å²) in [5, 5.41) is 0.964. The quantitative estimate of drug-likeness (QED) is 0.786. The van der Waals surface area contributed by atoms with Crippen molar-refractivity contribution in [3.05, 3.63) is 36.1 Å². The number of methoxy groups -OCH3 is 1. The minimum Gasteiger partial charge on any atom is -0.453 e. The molecule has 1 heterocycles. The van der Waals surface area contributed by atoms with Crippen LogP contribution in [0.2, 0.25) is 0 Å². The van der Waals surface area contributed by atoms with E-state index in [2.05, 4.69) is 6.92 Å². The summed E-state index contributed by atoms with van der Waals surface area (Å²) < 4.78 is 11.3. The second-order valence-corrected chi connectivity index (χ2v) is 5.86. The number of benzene rings is 1. The smallest absolute Gasteiger partial charge is 0.229 e. The summed E-state index contributed by atoms with van der Waals surface area (Å²) in [6.45, 7) is 2.23. The number of para-hydroxylation sites is 1. The molecular formula is C17H20O3. The average molecular weight is 272 g/mol. The molecule has 1 saturated carbocycles. The zero-order valence-corrected chi connectivity index (χ0v) is 12.0. The third kappa shape index (κ3) is 2.16. The zero-order valence-electron chi connectivity index (χ0n) is 12.0. The van der Waals surface area contributed by atoms with Crippen molar-refractivity contribution in [3.63, 3.8) is 0 Å². The van der Waals surface area contributed by atoms with E-state index in [-0.39, 0.29) is 5.78 Å². The Morgan fingerprint density at radius 2 is 2.00 bits per heavy atom. The Hall–Kier alpha value is -1.61. The van der Waals surface area contributed by atoms with Gasteiger partial charge in [-0.25, -0.2) is 0 Å². The molecule has 3 rings (SSSR count). The number of hydrogen-bond donors (Lipinski definition) is 0. The summed E-state index contributed by atoms with van der Waals surface area (Å²) >= 11 is 0. The lowest BCUT2D eigenvalue weighted by Gasteiger charge is -2.36. The number of furan rings is 1. The number of carbonyl (C=O) groups is 1. The van der Waals surface area contributed by atoms with E-state index in [1.165, 1.54) is 0 Å². The highest BCUT2D eigenvalue weighted by atomic mass is 16.5. The molecule has 1 aliphatic carbocycles. The van der Waals surface area contributed by atoms with Crippen LogP contribution in [0, 0.1) is 5.92 Å². The lowest BCUT2D eigenvalue weighted by molar-refractivity contribution is -0.0278. The molecule has 20 heavy (non-hydrogen) atoms. The second-order valence-electron chi connectivity index (χ2n) is 5.86. The van der Waals surface area contributed by atoms with Gasteiger partial charge in [-0.15, -0.1) is 0 Å². The number of carbonyl (C=O) groups excluding carboxylic acids is 1. The van der Waals surface area contributed by atoms with Crippen molar-refractivity contribution in [1.29, 1.82) is 0 Å². The Morgan fingerprint density at radius 3 is 2.65 bits per heavy atom. The summed E-state index contributed by atoms with van der Waals surface area (Å²) in [5.41, 5.74) is 0.0618. The molecule has 1 fully saturated rings. The zero-order chi connectivity index (χ0) is 14.2. The van der Waals surface area contributed by atoms with Crippen LogP contribution in [0.15, 0.2) is 34.7 Å². The van der Waals surface area contributed by atoms with E-state index in [4.69, 9.17) is 9.15 Å². The third-order valence-corrected chi connectivity index (χ3v) is 4.54. The van der Waals surface area contributed by atoms with E-state index in [1.54, 1.807) is 7.11 Å². The van der Waals surface area contributed by atoms with E-state index in [0.717, 1.165) is 36.7 Å². The minimum atomic E-state index is -0.694. The summed E-state index contributed by atoms with van der Waals surface area (Å²) in [6.07, 6.45) is 3.61. The van der Waals surface area contributed by atoms with Crippen molar-refractivity contribution >= 4 is 16.8 Å². The highest BCUT2D eigenvalue weighted by Gasteiger charge is 2.43. The summed E-state index contributed by atoms with van der Waals surface area (Å²) in [6, 6.07) is 9.53. The van der Waals surface area contributed by atoms with E-state index in [0.29, 0.717) is 11.7 Å². The van der Waals surface area contributed by atoms with Gasteiger partial charge in [0.25, 0.3) is 0 Å². The average Bonchev–Trinajstić information content (AvgIpc) is 2.91. The molecule has 0 N–H and O–H groups in total. The van der Waals surface area contributed by atoms with E-state index in [1.807, 2.05) is 30.3 Å². The predicted octanol–water partition coefficient (Wildman–Crippen LogP) is 4.21. The van der Waals surface area contributed by atoms with Gasteiger partial charge < -0.3 is 9.15 Å². The van der Waals surface area contributed by atoms with Crippen molar-refractivity contribution < 1.29 is 13.9 Å². The molecular weight excluding hydrogens is 252 g/mol. The Bertz CT molecular complexity index is 585. The van der Waals surface area contributed by atoms with Crippen LogP contribution in [-0.4, -0.2) is 18.5 Å². The fourth-order valence-electron chi connectivity index (χ4n) is 3.07. The van der Waals surface area contributed by atoms with Crippen LogP contribution >= 0.6 is 0 Å². The molecule has 1 aromatic carbocycles. The molecule has 1 aromatic heterocycles. The van der Waals surface area contributed by atoms with Crippen LogP contribution in [0.5, 0.6) is 0 Å². The number of hydrogen-bond acceptors (Lipinski definition) is 3. The summed E-state index contributed by atoms with van der Waals surface area (Å²) in [4.78, 5) is 12.8. The second kappa shape index (κ2) is 5.06. The van der Waals surface area contributed by atoms with Gasteiger partial charge in [-0.1, -0.05) is 25.1 Å². The van der Waals surface area contributed by atoms with Gasteiger partial charge in [-0.2, -0.15) is 0 Å². The number of fused-ring (bicyclic) bond motifs is 1. The van der Waals surface area contributed by atoms with Gasteiger partial charge in [-0.05, 0) is 43.7 Å². The Balaban J connectivity index is 1.93. The molecule has 0 amide bonds. The maximum atomic E-state index is 12.8. The van der Waals surface area contributed by atoms with Crippen molar-refractivity contribution in [1.82, 2.24) is 0 Å². The maximum Gasteiger partial charge on any atom is 0.229 e. The van der Waals surface area contributed by atoms with Gasteiger partial charge in [0.05, 0.1) is 0 Å². The molecule has 1 aliphatic rings. The van der Waals surface area contributed by atoms with Crippen LogP contribution in [0.4, 0.5) is 0 Å². The molecule has 0 bridgehead atoms. The lowest BCUT2D eigenvalue weighted by atomic mass is 9.76. The Morgan fingerprint density at radius 1 is 1.30 bits per heavy atom. The fraction of sp³-hybridized carbons (Fsp3) is 0.471. The number of rotatable bonds is 3. The number of ketones is 1. The molecule has 106 valence electrons. The van der Waals surface area contributed by atoms with Crippen molar-refractivity contribution in [2.24, 2.45) is 5.92 Å². The van der Waals surface area contributed by atoms with Crippen LogP contribution in [0.3, 0.4) is 0 Å². The van der Waals surface area contributed by atoms with Crippen molar-refractivity contribution in [2.75, 3.05) is 7.11 Å². The Labute approximate surface area is 118 Å². The monoisotopic (exact) mass is 272 g/mol. The summed E-state index contributed by atoms with van der Waals surface area (Å²) in [7, 11) is 1.64. The molecule has 0 atom stereocenters. The first-order valence-electron chi connectivity index (χ1n) is 7.23. The molecule has 3 heteroatoms.